The maximum atomic E-state index is 13.3. The van der Waals surface area contributed by atoms with Gasteiger partial charge in [-0.25, -0.2) is 18.7 Å². The quantitative estimate of drug-likeness (QED) is 0.394. The molecule has 2 saturated carbocycles. The lowest BCUT2D eigenvalue weighted by Crippen LogP contribution is -2.16. The molecule has 0 radical (unpaired) electrons. The van der Waals surface area contributed by atoms with Crippen molar-refractivity contribution in [1.29, 1.82) is 0 Å². The van der Waals surface area contributed by atoms with Gasteiger partial charge in [0.15, 0.2) is 11.5 Å². The fourth-order valence-corrected chi connectivity index (χ4v) is 5.26. The maximum absolute atomic E-state index is 13.3. The van der Waals surface area contributed by atoms with E-state index in [4.69, 9.17) is 0 Å². The number of aromatic nitrogens is 3. The van der Waals surface area contributed by atoms with Crippen molar-refractivity contribution in [3.05, 3.63) is 35.7 Å². The first-order chi connectivity index (χ1) is 15.7. The van der Waals surface area contributed by atoms with Gasteiger partial charge in [0, 0.05) is 23.0 Å². The van der Waals surface area contributed by atoms with Gasteiger partial charge in [-0.05, 0) is 62.6 Å². The number of hydrogen-bond acceptors (Lipinski definition) is 5. The first-order valence-electron chi connectivity index (χ1n) is 11.1. The summed E-state index contributed by atoms with van der Waals surface area (Å²) < 4.78 is 39.8. The van der Waals surface area contributed by atoms with Gasteiger partial charge in [0.05, 0.1) is 5.69 Å². The second-order valence-corrected chi connectivity index (χ2v) is 12.5. The van der Waals surface area contributed by atoms with Crippen LogP contribution in [-0.2, 0) is 9.36 Å². The van der Waals surface area contributed by atoms with Crippen LogP contribution in [0.25, 0.3) is 11.2 Å². The number of imidazole rings is 1. The summed E-state index contributed by atoms with van der Waals surface area (Å²) >= 11 is 0. The molecule has 10 heteroatoms. The number of aromatic amines is 1. The number of alkyl halides is 2. The van der Waals surface area contributed by atoms with Crippen LogP contribution in [-0.4, -0.2) is 34.2 Å². The highest BCUT2D eigenvalue weighted by Gasteiger charge is 2.30. The van der Waals surface area contributed by atoms with Gasteiger partial charge in [-0.2, -0.15) is 0 Å². The summed E-state index contributed by atoms with van der Waals surface area (Å²) in [7, 11) is -2.65. The lowest BCUT2D eigenvalue weighted by molar-refractivity contribution is -0.117. The summed E-state index contributed by atoms with van der Waals surface area (Å²) in [5.74, 6) is 0.0624. The first-order valence-corrected chi connectivity index (χ1v) is 13.8. The number of anilines is 3. The highest BCUT2D eigenvalue weighted by Crippen LogP contribution is 2.43. The molecule has 0 aliphatic heterocycles. The highest BCUT2D eigenvalue weighted by molar-refractivity contribution is 7.70. The number of H-pyrrole nitrogens is 1. The van der Waals surface area contributed by atoms with Crippen LogP contribution in [0.4, 0.5) is 26.0 Å². The summed E-state index contributed by atoms with van der Waals surface area (Å²) in [5.41, 5.74) is 2.57. The van der Waals surface area contributed by atoms with Crippen molar-refractivity contribution in [3.8, 4) is 0 Å². The van der Waals surface area contributed by atoms with Gasteiger partial charge < -0.3 is 20.2 Å². The molecule has 33 heavy (non-hydrogen) atoms. The fourth-order valence-electron chi connectivity index (χ4n) is 4.09. The van der Waals surface area contributed by atoms with Gasteiger partial charge in [0.25, 0.3) is 6.43 Å². The summed E-state index contributed by atoms with van der Waals surface area (Å²) in [4.78, 5) is 23.1. The van der Waals surface area contributed by atoms with Gasteiger partial charge >= 0.3 is 0 Å². The van der Waals surface area contributed by atoms with Crippen molar-refractivity contribution in [2.45, 2.75) is 44.4 Å². The molecule has 3 aromatic rings. The van der Waals surface area contributed by atoms with Crippen LogP contribution in [0, 0.1) is 5.92 Å². The van der Waals surface area contributed by atoms with Crippen LogP contribution in [0.1, 0.15) is 55.8 Å². The Labute approximate surface area is 190 Å². The minimum Gasteiger partial charge on any atom is -0.353 e. The van der Waals surface area contributed by atoms with Crippen molar-refractivity contribution >= 4 is 46.7 Å². The molecule has 7 nitrogen and oxygen atoms in total. The molecule has 2 aliphatic carbocycles. The third-order valence-corrected chi connectivity index (χ3v) is 7.86. The van der Waals surface area contributed by atoms with E-state index in [2.05, 4.69) is 25.6 Å². The van der Waals surface area contributed by atoms with Gasteiger partial charge in [-0.1, -0.05) is 12.5 Å². The van der Waals surface area contributed by atoms with E-state index < -0.39 is 19.4 Å². The Balaban J connectivity index is 1.56. The van der Waals surface area contributed by atoms with Crippen LogP contribution in [0.3, 0.4) is 0 Å². The molecule has 2 fully saturated rings. The van der Waals surface area contributed by atoms with Crippen LogP contribution in [0.2, 0.25) is 0 Å². The Kier molecular flexibility index (Phi) is 5.47. The van der Waals surface area contributed by atoms with Gasteiger partial charge in [0.2, 0.25) is 5.91 Å². The van der Waals surface area contributed by atoms with E-state index in [-0.39, 0.29) is 28.8 Å². The molecule has 0 bridgehead atoms. The molecule has 0 unspecified atom stereocenters. The molecule has 1 amide bonds. The normalized spacial score (nSPS) is 16.8. The molecular formula is C23H26F2N5O2P. The van der Waals surface area contributed by atoms with Crippen LogP contribution in [0.5, 0.6) is 0 Å². The van der Waals surface area contributed by atoms with E-state index in [0.29, 0.717) is 22.6 Å². The first kappa shape index (κ1) is 22.0. The lowest BCUT2D eigenvalue weighted by atomic mass is 9.80. The van der Waals surface area contributed by atoms with E-state index >= 15 is 0 Å². The number of nitrogens with one attached hydrogen (secondary N) is 3. The molecule has 0 atom stereocenters. The van der Waals surface area contributed by atoms with E-state index in [1.54, 1.807) is 19.4 Å². The topological polar surface area (TPSA) is 99.8 Å². The molecule has 2 aromatic heterocycles. The Morgan fingerprint density at radius 2 is 1.88 bits per heavy atom. The van der Waals surface area contributed by atoms with Crippen LogP contribution >= 0.6 is 7.14 Å². The number of rotatable bonds is 7. The molecule has 2 aliphatic rings. The number of carbonyl (C=O) groups is 1. The molecule has 174 valence electrons. The molecule has 0 spiro atoms. The molecular weight excluding hydrogens is 447 g/mol. The van der Waals surface area contributed by atoms with E-state index in [1.807, 2.05) is 18.2 Å². The van der Waals surface area contributed by atoms with Gasteiger partial charge in [0.1, 0.15) is 18.5 Å². The van der Waals surface area contributed by atoms with Crippen molar-refractivity contribution in [2.75, 3.05) is 24.0 Å². The second-order valence-electron chi connectivity index (χ2n) is 9.32. The minimum absolute atomic E-state index is 0.0333. The van der Waals surface area contributed by atoms with Crippen LogP contribution in [0.15, 0.2) is 24.3 Å². The van der Waals surface area contributed by atoms with Crippen molar-refractivity contribution in [3.63, 3.8) is 0 Å². The van der Waals surface area contributed by atoms with E-state index in [9.17, 15) is 18.1 Å². The number of fused-ring (bicyclic) bond motifs is 1. The minimum atomic E-state index is -2.79. The number of benzene rings is 1. The Morgan fingerprint density at radius 1 is 1.12 bits per heavy atom. The highest BCUT2D eigenvalue weighted by atomic mass is 31.2. The van der Waals surface area contributed by atoms with Gasteiger partial charge in [-0.15, -0.1) is 0 Å². The lowest BCUT2D eigenvalue weighted by Gasteiger charge is -2.27. The summed E-state index contributed by atoms with van der Waals surface area (Å²) in [6, 6.07) is 7.49. The van der Waals surface area contributed by atoms with E-state index in [0.717, 1.165) is 25.7 Å². The number of halogens is 2. The molecule has 5 rings (SSSR count). The third kappa shape index (κ3) is 4.51. The maximum Gasteiger partial charge on any atom is 0.295 e. The Bertz CT molecular complexity index is 1280. The molecule has 0 saturated heterocycles. The fraction of sp³-hybridized carbons (Fsp3) is 0.435. The predicted molar refractivity (Wildman–Crippen MR) is 126 cm³/mol. The number of pyridine rings is 1. The largest absolute Gasteiger partial charge is 0.353 e. The molecule has 2 heterocycles. The molecule has 1 aromatic carbocycles. The number of amides is 1. The smallest absolute Gasteiger partial charge is 0.295 e. The average molecular weight is 473 g/mol. The second kappa shape index (κ2) is 8.20. The Hall–Kier alpha value is -2.80. The zero-order chi connectivity index (χ0) is 23.3. The summed E-state index contributed by atoms with van der Waals surface area (Å²) in [6.07, 6.45) is 2.33. The SMILES string of the molecule is CP(C)(=O)c1cc(C2CCC2)ccc1Nc1cc(NC(=O)C2CC2)nc2[nH]c(C(F)F)nc12. The Morgan fingerprint density at radius 3 is 2.48 bits per heavy atom. The van der Waals surface area contributed by atoms with Crippen molar-refractivity contribution in [2.24, 2.45) is 5.92 Å². The molecule has 3 N–H and O–H groups in total. The van der Waals surface area contributed by atoms with Crippen molar-refractivity contribution < 1.29 is 18.1 Å². The standard InChI is InChI=1S/C23H26F2N5O2P/c1-33(2,32)17-10-14(12-4-3-5-12)8-9-15(17)26-16-11-18(28-23(31)13-6-7-13)27-21-19(16)29-22(30-21)20(24)25/h8-13,20H,3-7H2,1-2H3,(H3,26,27,28,29,30,31). The van der Waals surface area contributed by atoms with E-state index in [1.165, 1.54) is 12.0 Å². The summed E-state index contributed by atoms with van der Waals surface area (Å²) in [6.45, 7) is 3.43. The average Bonchev–Trinajstić information content (AvgIpc) is 3.46. The van der Waals surface area contributed by atoms with Crippen molar-refractivity contribution in [1.82, 2.24) is 15.0 Å². The summed E-state index contributed by atoms with van der Waals surface area (Å²) in [5, 5.41) is 6.71. The third-order valence-electron chi connectivity index (χ3n) is 6.33. The zero-order valence-electron chi connectivity index (χ0n) is 18.5. The predicted octanol–water partition coefficient (Wildman–Crippen LogP) is 5.50. The van der Waals surface area contributed by atoms with Gasteiger partial charge in [-0.3, -0.25) is 4.79 Å². The number of carbonyl (C=O) groups excluding carboxylic acids is 1. The zero-order valence-corrected chi connectivity index (χ0v) is 19.4. The van der Waals surface area contributed by atoms with Crippen LogP contribution < -0.4 is 15.9 Å². The number of nitrogens with zero attached hydrogens (tertiary/aromatic N) is 2. The monoisotopic (exact) mass is 473 g/mol. The number of hydrogen-bond donors (Lipinski definition) is 3.